The summed E-state index contributed by atoms with van der Waals surface area (Å²) in [6, 6.07) is 3.09. The average molecular weight is 238 g/mol. The quantitative estimate of drug-likeness (QED) is 0.529. The van der Waals surface area contributed by atoms with Crippen molar-refractivity contribution in [3.8, 4) is 0 Å². The summed E-state index contributed by atoms with van der Waals surface area (Å²) in [6.07, 6.45) is -4.46. The van der Waals surface area contributed by atoms with Gasteiger partial charge in [0.1, 0.15) is 0 Å². The summed E-state index contributed by atoms with van der Waals surface area (Å²) in [5.74, 6) is 0. The van der Waals surface area contributed by atoms with Gasteiger partial charge in [-0.1, -0.05) is 11.6 Å². The van der Waals surface area contributed by atoms with E-state index in [1.54, 1.807) is 0 Å². The van der Waals surface area contributed by atoms with Gasteiger partial charge in [-0.05, 0) is 30.4 Å². The maximum absolute atomic E-state index is 12.3. The summed E-state index contributed by atoms with van der Waals surface area (Å²) >= 11 is 9.75. The Labute approximate surface area is 88.2 Å². The molecule has 0 radical (unpaired) electrons. The van der Waals surface area contributed by atoms with Gasteiger partial charge in [-0.3, -0.25) is 0 Å². The van der Waals surface area contributed by atoms with Crippen LogP contribution in [-0.4, -0.2) is 5.16 Å². The summed E-state index contributed by atoms with van der Waals surface area (Å²) < 4.78 is 37.0. The first-order chi connectivity index (χ1) is 6.45. The zero-order chi connectivity index (χ0) is 10.8. The number of alkyl halides is 3. The van der Waals surface area contributed by atoms with Crippen LogP contribution >= 0.6 is 23.8 Å². The third kappa shape index (κ3) is 2.54. The van der Waals surface area contributed by atoms with E-state index in [2.05, 4.69) is 17.2 Å². The Morgan fingerprint density at radius 2 is 2.00 bits per heavy atom. The van der Waals surface area contributed by atoms with Crippen molar-refractivity contribution in [2.75, 3.05) is 0 Å². The van der Waals surface area contributed by atoms with Crippen molar-refractivity contribution < 1.29 is 13.2 Å². The van der Waals surface area contributed by atoms with E-state index in [0.717, 1.165) is 18.2 Å². The fourth-order valence-electron chi connectivity index (χ4n) is 0.886. The first-order valence-electron chi connectivity index (χ1n) is 3.40. The monoisotopic (exact) mass is 237 g/mol. The lowest BCUT2D eigenvalue weighted by molar-refractivity contribution is -0.137. The van der Waals surface area contributed by atoms with Gasteiger partial charge in [0.15, 0.2) is 0 Å². The molecule has 0 fully saturated rings. The van der Waals surface area contributed by atoms with Crippen LogP contribution in [0.15, 0.2) is 23.2 Å². The van der Waals surface area contributed by atoms with Crippen molar-refractivity contribution in [2.45, 2.75) is 6.18 Å². The largest absolute Gasteiger partial charge is 0.418 e. The summed E-state index contributed by atoms with van der Waals surface area (Å²) in [7, 11) is 0. The molecule has 0 atom stereocenters. The normalized spacial score (nSPS) is 10.9. The predicted octanol–water partition coefficient (Wildman–Crippen LogP) is 4.09. The number of rotatable bonds is 1. The van der Waals surface area contributed by atoms with Crippen LogP contribution in [0.25, 0.3) is 0 Å². The molecular formula is C8H3ClF3NS. The molecule has 1 nitrogen and oxygen atoms in total. The van der Waals surface area contributed by atoms with Crippen molar-refractivity contribution >= 4 is 34.7 Å². The predicted molar refractivity (Wildman–Crippen MR) is 51.1 cm³/mol. The molecule has 1 aromatic rings. The maximum Gasteiger partial charge on any atom is 0.418 e. The standard InChI is InChI=1S/C8H3ClF3NS/c9-5-1-2-6(8(10,11)12)7(3-5)13-4-14/h1-3H. The van der Waals surface area contributed by atoms with Gasteiger partial charge < -0.3 is 0 Å². The second kappa shape index (κ2) is 4.09. The summed E-state index contributed by atoms with van der Waals surface area (Å²) in [6.45, 7) is 0. The molecule has 0 aromatic heterocycles. The summed E-state index contributed by atoms with van der Waals surface area (Å²) in [5.41, 5.74) is -1.20. The first-order valence-corrected chi connectivity index (χ1v) is 4.18. The number of hydrogen-bond acceptors (Lipinski definition) is 2. The lowest BCUT2D eigenvalue weighted by Crippen LogP contribution is -2.04. The lowest BCUT2D eigenvalue weighted by Gasteiger charge is -2.08. The Bertz CT molecular complexity index is 396. The van der Waals surface area contributed by atoms with Gasteiger partial charge in [0.2, 0.25) is 0 Å². The molecule has 0 aliphatic carbocycles. The maximum atomic E-state index is 12.3. The van der Waals surface area contributed by atoms with E-state index in [4.69, 9.17) is 11.6 Å². The van der Waals surface area contributed by atoms with Gasteiger partial charge in [-0.25, -0.2) is 0 Å². The van der Waals surface area contributed by atoms with Crippen LogP contribution in [0.1, 0.15) is 5.56 Å². The zero-order valence-electron chi connectivity index (χ0n) is 6.60. The smallest absolute Gasteiger partial charge is 0.194 e. The second-order valence-corrected chi connectivity index (χ2v) is 2.98. The molecule has 1 aromatic carbocycles. The molecular weight excluding hydrogens is 235 g/mol. The van der Waals surface area contributed by atoms with Crippen LogP contribution in [0.5, 0.6) is 0 Å². The number of thiocarbonyl (C=S) groups is 1. The van der Waals surface area contributed by atoms with Gasteiger partial charge in [-0.15, -0.1) is 0 Å². The van der Waals surface area contributed by atoms with Gasteiger partial charge in [0.05, 0.1) is 16.4 Å². The number of nitrogens with zero attached hydrogens (tertiary/aromatic N) is 1. The van der Waals surface area contributed by atoms with E-state index in [-0.39, 0.29) is 10.7 Å². The van der Waals surface area contributed by atoms with E-state index in [0.29, 0.717) is 0 Å². The third-order valence-corrected chi connectivity index (χ3v) is 1.76. The Balaban J connectivity index is 3.36. The van der Waals surface area contributed by atoms with Crippen molar-refractivity contribution in [1.29, 1.82) is 0 Å². The molecule has 74 valence electrons. The Morgan fingerprint density at radius 3 is 2.50 bits per heavy atom. The molecule has 0 spiro atoms. The molecule has 0 unspecified atom stereocenters. The SMILES string of the molecule is FC(F)(F)c1ccc(Cl)cc1N=C=S. The number of benzene rings is 1. The first kappa shape index (κ1) is 11.2. The van der Waals surface area contributed by atoms with Crippen LogP contribution < -0.4 is 0 Å². The molecule has 14 heavy (non-hydrogen) atoms. The second-order valence-electron chi connectivity index (χ2n) is 2.36. The van der Waals surface area contributed by atoms with Gasteiger partial charge >= 0.3 is 6.18 Å². The van der Waals surface area contributed by atoms with Crippen molar-refractivity contribution in [2.24, 2.45) is 4.99 Å². The highest BCUT2D eigenvalue weighted by molar-refractivity contribution is 7.78. The highest BCUT2D eigenvalue weighted by Gasteiger charge is 2.33. The van der Waals surface area contributed by atoms with E-state index >= 15 is 0 Å². The number of isothiocyanates is 1. The van der Waals surface area contributed by atoms with E-state index in [9.17, 15) is 13.2 Å². The minimum Gasteiger partial charge on any atom is -0.194 e. The number of halogens is 4. The molecule has 0 heterocycles. The van der Waals surface area contributed by atoms with Crippen LogP contribution in [0.4, 0.5) is 18.9 Å². The molecule has 0 amide bonds. The van der Waals surface area contributed by atoms with Crippen LogP contribution in [0, 0.1) is 0 Å². The van der Waals surface area contributed by atoms with Crippen LogP contribution in [-0.2, 0) is 6.18 Å². The number of aliphatic imine (C=N–C) groups is 1. The molecule has 0 bridgehead atoms. The summed E-state index contributed by atoms with van der Waals surface area (Å²) in [5, 5.41) is 2.04. The fraction of sp³-hybridized carbons (Fsp3) is 0.125. The van der Waals surface area contributed by atoms with Crippen molar-refractivity contribution in [3.63, 3.8) is 0 Å². The highest BCUT2D eigenvalue weighted by Crippen LogP contribution is 2.37. The molecule has 6 heteroatoms. The van der Waals surface area contributed by atoms with Gasteiger partial charge in [0, 0.05) is 5.02 Å². The van der Waals surface area contributed by atoms with E-state index in [1.807, 2.05) is 5.16 Å². The third-order valence-electron chi connectivity index (χ3n) is 1.43. The van der Waals surface area contributed by atoms with Crippen molar-refractivity contribution in [3.05, 3.63) is 28.8 Å². The van der Waals surface area contributed by atoms with Gasteiger partial charge in [0.25, 0.3) is 0 Å². The van der Waals surface area contributed by atoms with E-state index in [1.165, 1.54) is 0 Å². The van der Waals surface area contributed by atoms with Crippen LogP contribution in [0.3, 0.4) is 0 Å². The Kier molecular flexibility index (Phi) is 3.26. The molecule has 1 rings (SSSR count). The van der Waals surface area contributed by atoms with Crippen molar-refractivity contribution in [1.82, 2.24) is 0 Å². The Hall–Kier alpha value is -0.900. The molecule has 0 aliphatic rings. The lowest BCUT2D eigenvalue weighted by atomic mass is 10.2. The van der Waals surface area contributed by atoms with Crippen LogP contribution in [0.2, 0.25) is 5.02 Å². The average Bonchev–Trinajstić information content (AvgIpc) is 2.02. The minimum atomic E-state index is -4.46. The molecule has 0 N–H and O–H groups in total. The number of hydrogen-bond donors (Lipinski definition) is 0. The minimum absolute atomic E-state index is 0.169. The highest BCUT2D eigenvalue weighted by atomic mass is 35.5. The topological polar surface area (TPSA) is 12.4 Å². The summed E-state index contributed by atoms with van der Waals surface area (Å²) in [4.78, 5) is 3.29. The zero-order valence-corrected chi connectivity index (χ0v) is 8.17. The molecule has 0 saturated heterocycles. The molecule has 0 saturated carbocycles. The Morgan fingerprint density at radius 1 is 1.36 bits per heavy atom. The van der Waals surface area contributed by atoms with E-state index < -0.39 is 11.7 Å². The molecule has 0 aliphatic heterocycles. The van der Waals surface area contributed by atoms with Gasteiger partial charge in [-0.2, -0.15) is 18.2 Å². The fourth-order valence-corrected chi connectivity index (χ4v) is 1.15.